The SMILES string of the molecule is Nc1ccc(Nc2nc(N3C[C@H](N)C[C@H](N)C3)nc(N3C[C@@H](N)C[C@@H](O)C3)n2)cc1. The largest absolute Gasteiger partial charge is 0.399 e. The zero-order valence-electron chi connectivity index (χ0n) is 16.9. The van der Waals surface area contributed by atoms with Gasteiger partial charge in [0.15, 0.2) is 0 Å². The quantitative estimate of drug-likeness (QED) is 0.336. The van der Waals surface area contributed by atoms with E-state index in [2.05, 4.69) is 20.3 Å². The molecule has 2 aliphatic heterocycles. The summed E-state index contributed by atoms with van der Waals surface area (Å²) >= 11 is 0. The van der Waals surface area contributed by atoms with Crippen LogP contribution in [0.5, 0.6) is 0 Å². The van der Waals surface area contributed by atoms with Crippen molar-refractivity contribution < 1.29 is 5.11 Å². The average molecular weight is 415 g/mol. The van der Waals surface area contributed by atoms with Crippen molar-refractivity contribution in [3.63, 3.8) is 0 Å². The predicted molar refractivity (Wildman–Crippen MR) is 118 cm³/mol. The Morgan fingerprint density at radius 3 is 1.90 bits per heavy atom. The Morgan fingerprint density at radius 1 is 0.800 bits per heavy atom. The summed E-state index contributed by atoms with van der Waals surface area (Å²) in [6, 6.07) is 7.05. The van der Waals surface area contributed by atoms with Gasteiger partial charge in [-0.2, -0.15) is 15.0 Å². The Balaban J connectivity index is 1.67. The van der Waals surface area contributed by atoms with Gasteiger partial charge in [0.05, 0.1) is 6.10 Å². The summed E-state index contributed by atoms with van der Waals surface area (Å²) in [5, 5.41) is 13.4. The third-order valence-corrected chi connectivity index (χ3v) is 5.32. The fraction of sp³-hybridized carbons (Fsp3) is 0.526. The van der Waals surface area contributed by atoms with Gasteiger partial charge < -0.3 is 43.2 Å². The van der Waals surface area contributed by atoms with Crippen LogP contribution < -0.4 is 38.1 Å². The lowest BCUT2D eigenvalue weighted by atomic mass is 10.0. The normalized spacial score (nSPS) is 27.2. The highest BCUT2D eigenvalue weighted by Crippen LogP contribution is 2.24. The number of rotatable bonds is 4. The lowest BCUT2D eigenvalue weighted by Gasteiger charge is -2.36. The molecule has 4 rings (SSSR count). The molecular weight excluding hydrogens is 384 g/mol. The first-order valence-electron chi connectivity index (χ1n) is 10.2. The molecule has 11 heteroatoms. The first-order valence-corrected chi connectivity index (χ1v) is 10.2. The number of aromatic nitrogens is 3. The molecule has 11 nitrogen and oxygen atoms in total. The molecule has 1 aromatic carbocycles. The summed E-state index contributed by atoms with van der Waals surface area (Å²) in [6.07, 6.45) is 0.790. The van der Waals surface area contributed by atoms with Crippen molar-refractivity contribution in [3.05, 3.63) is 24.3 Å². The number of nitrogens with one attached hydrogen (secondary N) is 1. The van der Waals surface area contributed by atoms with Gasteiger partial charge >= 0.3 is 0 Å². The maximum Gasteiger partial charge on any atom is 0.233 e. The number of β-amino-alcohol motifs (C(OH)–C–C–N with tert-alkyl or cyclic N) is 1. The minimum Gasteiger partial charge on any atom is -0.399 e. The molecule has 4 atom stereocenters. The molecule has 1 aromatic heterocycles. The fourth-order valence-corrected chi connectivity index (χ4v) is 4.00. The second kappa shape index (κ2) is 8.56. The topological polar surface area (TPSA) is 181 Å². The van der Waals surface area contributed by atoms with E-state index in [1.165, 1.54) is 0 Å². The molecule has 10 N–H and O–H groups in total. The highest BCUT2D eigenvalue weighted by Gasteiger charge is 2.29. The molecule has 0 amide bonds. The maximum absolute atomic E-state index is 10.2. The van der Waals surface area contributed by atoms with Gasteiger partial charge in [-0.3, -0.25) is 0 Å². The van der Waals surface area contributed by atoms with E-state index in [-0.39, 0.29) is 18.1 Å². The third kappa shape index (κ3) is 4.87. The van der Waals surface area contributed by atoms with Crippen LogP contribution in [0.25, 0.3) is 0 Å². The van der Waals surface area contributed by atoms with E-state index in [0.29, 0.717) is 56.1 Å². The monoisotopic (exact) mass is 414 g/mol. The summed E-state index contributed by atoms with van der Waals surface area (Å²) in [5.74, 6) is 1.35. The Labute approximate surface area is 175 Å². The van der Waals surface area contributed by atoms with E-state index in [1.54, 1.807) is 12.1 Å². The van der Waals surface area contributed by atoms with Gasteiger partial charge in [0, 0.05) is 55.7 Å². The van der Waals surface area contributed by atoms with Crippen LogP contribution >= 0.6 is 0 Å². The van der Waals surface area contributed by atoms with Gasteiger partial charge in [0.1, 0.15) is 0 Å². The Bertz CT molecular complexity index is 799. The zero-order chi connectivity index (χ0) is 21.3. The van der Waals surface area contributed by atoms with E-state index in [1.807, 2.05) is 21.9 Å². The molecule has 2 aliphatic rings. The van der Waals surface area contributed by atoms with E-state index in [0.717, 1.165) is 12.1 Å². The van der Waals surface area contributed by atoms with Crippen molar-refractivity contribution in [1.82, 2.24) is 15.0 Å². The number of nitrogen functional groups attached to an aromatic ring is 1. The molecular formula is C19H30N10O. The number of nitrogens with zero attached hydrogens (tertiary/aromatic N) is 5. The van der Waals surface area contributed by atoms with Crippen LogP contribution in [-0.4, -0.2) is 70.5 Å². The van der Waals surface area contributed by atoms with Crippen LogP contribution in [0.1, 0.15) is 12.8 Å². The molecule has 0 spiro atoms. The fourth-order valence-electron chi connectivity index (χ4n) is 4.00. The van der Waals surface area contributed by atoms with E-state index in [4.69, 9.17) is 22.9 Å². The molecule has 0 radical (unpaired) electrons. The molecule has 162 valence electrons. The zero-order valence-corrected chi connectivity index (χ0v) is 16.9. The van der Waals surface area contributed by atoms with Gasteiger partial charge in [-0.25, -0.2) is 0 Å². The number of aliphatic hydroxyl groups is 1. The molecule has 2 aromatic rings. The summed E-state index contributed by atoms with van der Waals surface area (Å²) in [6.45, 7) is 2.19. The molecule has 0 bridgehead atoms. The summed E-state index contributed by atoms with van der Waals surface area (Å²) in [7, 11) is 0. The Morgan fingerprint density at radius 2 is 1.33 bits per heavy atom. The van der Waals surface area contributed by atoms with E-state index in [9.17, 15) is 5.11 Å². The molecule has 3 heterocycles. The summed E-state index contributed by atoms with van der Waals surface area (Å²) < 4.78 is 0. The second-order valence-electron chi connectivity index (χ2n) is 8.22. The standard InChI is InChI=1S/C19H30N10O/c20-11-1-3-15(4-2-11)24-17-25-18(28-7-12(21)5-13(22)8-28)27-19(26-17)29-9-14(23)6-16(30)10-29/h1-4,12-14,16,30H,5-10,20-23H2,(H,24,25,26,27)/t12-,13+,14-,16+/m0/s1. The van der Waals surface area contributed by atoms with Crippen molar-refractivity contribution in [2.45, 2.75) is 37.1 Å². The highest BCUT2D eigenvalue weighted by molar-refractivity contribution is 5.59. The molecule has 2 saturated heterocycles. The first-order chi connectivity index (χ1) is 14.4. The molecule has 0 saturated carbocycles. The number of hydrogen-bond acceptors (Lipinski definition) is 11. The van der Waals surface area contributed by atoms with Crippen LogP contribution in [0.2, 0.25) is 0 Å². The second-order valence-corrected chi connectivity index (χ2v) is 8.22. The van der Waals surface area contributed by atoms with Gasteiger partial charge in [0.2, 0.25) is 17.8 Å². The molecule has 2 fully saturated rings. The number of hydrogen-bond donors (Lipinski definition) is 6. The van der Waals surface area contributed by atoms with Crippen LogP contribution in [0.3, 0.4) is 0 Å². The van der Waals surface area contributed by atoms with Crippen LogP contribution in [0.15, 0.2) is 24.3 Å². The van der Waals surface area contributed by atoms with Crippen LogP contribution in [0, 0.1) is 0 Å². The predicted octanol–water partition coefficient (Wildman–Crippen LogP) is -1.04. The third-order valence-electron chi connectivity index (χ3n) is 5.32. The Hall–Kier alpha value is -2.73. The summed E-state index contributed by atoms with van der Waals surface area (Å²) in [5.41, 5.74) is 25.7. The van der Waals surface area contributed by atoms with Gasteiger partial charge in [0.25, 0.3) is 0 Å². The molecule has 0 aliphatic carbocycles. The van der Waals surface area contributed by atoms with Crippen molar-refractivity contribution in [2.75, 3.05) is 47.0 Å². The number of benzene rings is 1. The van der Waals surface area contributed by atoms with Crippen molar-refractivity contribution in [3.8, 4) is 0 Å². The average Bonchev–Trinajstić information content (AvgIpc) is 2.68. The summed E-state index contributed by atoms with van der Waals surface area (Å²) in [4.78, 5) is 17.7. The van der Waals surface area contributed by atoms with Crippen molar-refractivity contribution >= 4 is 29.2 Å². The minimum atomic E-state index is -0.528. The number of anilines is 5. The van der Waals surface area contributed by atoms with Crippen molar-refractivity contribution in [1.29, 1.82) is 0 Å². The number of aliphatic hydroxyl groups excluding tert-OH is 1. The maximum atomic E-state index is 10.2. The van der Waals surface area contributed by atoms with Crippen LogP contribution in [-0.2, 0) is 0 Å². The molecule has 0 unspecified atom stereocenters. The number of piperidine rings is 2. The lowest BCUT2D eigenvalue weighted by Crippen LogP contribution is -2.53. The van der Waals surface area contributed by atoms with E-state index >= 15 is 0 Å². The van der Waals surface area contributed by atoms with Gasteiger partial charge in [-0.05, 0) is 37.1 Å². The van der Waals surface area contributed by atoms with E-state index < -0.39 is 6.10 Å². The smallest absolute Gasteiger partial charge is 0.233 e. The highest BCUT2D eigenvalue weighted by atomic mass is 16.3. The first kappa shape index (κ1) is 20.5. The lowest BCUT2D eigenvalue weighted by molar-refractivity contribution is 0.144. The number of nitrogens with two attached hydrogens (primary N) is 4. The van der Waals surface area contributed by atoms with Gasteiger partial charge in [-0.1, -0.05) is 0 Å². The minimum absolute atomic E-state index is 0.0484. The molecule has 30 heavy (non-hydrogen) atoms. The van der Waals surface area contributed by atoms with Crippen molar-refractivity contribution in [2.24, 2.45) is 17.2 Å². The van der Waals surface area contributed by atoms with Gasteiger partial charge in [-0.15, -0.1) is 0 Å². The van der Waals surface area contributed by atoms with Crippen LogP contribution in [0.4, 0.5) is 29.2 Å². The Kier molecular flexibility index (Phi) is 5.86.